The van der Waals surface area contributed by atoms with Gasteiger partial charge in [-0.3, -0.25) is 4.98 Å². The molecule has 2 aromatic heterocycles. The van der Waals surface area contributed by atoms with Crippen molar-refractivity contribution in [3.8, 4) is 5.75 Å². The molecule has 1 radical (unpaired) electrons. The number of anilines is 2. The zero-order valence-electron chi connectivity index (χ0n) is 10.2. The van der Waals surface area contributed by atoms with Crippen molar-refractivity contribution < 1.29 is 9.15 Å². The van der Waals surface area contributed by atoms with Gasteiger partial charge in [-0.1, -0.05) is 0 Å². The van der Waals surface area contributed by atoms with Crippen LogP contribution in [0.25, 0.3) is 11.0 Å². The van der Waals surface area contributed by atoms with Crippen LogP contribution in [-0.2, 0) is 0 Å². The van der Waals surface area contributed by atoms with Gasteiger partial charge in [-0.05, 0) is 30.3 Å². The van der Waals surface area contributed by atoms with Gasteiger partial charge in [-0.2, -0.15) is 0 Å². The van der Waals surface area contributed by atoms with Gasteiger partial charge in [-0.25, -0.2) is 0 Å². The third-order valence-corrected chi connectivity index (χ3v) is 3.32. The van der Waals surface area contributed by atoms with E-state index in [1.54, 1.807) is 12.5 Å². The molecule has 1 aliphatic rings. The summed E-state index contributed by atoms with van der Waals surface area (Å²) >= 11 is 0. The summed E-state index contributed by atoms with van der Waals surface area (Å²) in [5.41, 5.74) is 3.03. The Labute approximate surface area is 110 Å². The minimum atomic E-state index is 0.655. The summed E-state index contributed by atoms with van der Waals surface area (Å²) in [4.78, 5) is 6.19. The maximum absolute atomic E-state index is 5.60. The van der Waals surface area contributed by atoms with Crippen molar-refractivity contribution in [3.63, 3.8) is 0 Å². The van der Waals surface area contributed by atoms with E-state index in [0.29, 0.717) is 6.61 Å². The average molecular weight is 251 g/mol. The van der Waals surface area contributed by atoms with Gasteiger partial charge in [0.25, 0.3) is 0 Å². The Hall–Kier alpha value is -2.49. The Kier molecular flexibility index (Phi) is 2.21. The molecular formula is C15H11N2O2. The lowest BCUT2D eigenvalue weighted by Crippen LogP contribution is -2.28. The summed E-state index contributed by atoms with van der Waals surface area (Å²) in [5.74, 6) is 0.803. The van der Waals surface area contributed by atoms with Crippen LogP contribution >= 0.6 is 0 Å². The van der Waals surface area contributed by atoms with Crippen LogP contribution in [-0.4, -0.2) is 18.1 Å². The fourth-order valence-electron chi connectivity index (χ4n) is 2.41. The number of furan rings is 1. The van der Waals surface area contributed by atoms with Crippen molar-refractivity contribution in [1.29, 1.82) is 0 Å². The summed E-state index contributed by atoms with van der Waals surface area (Å²) in [5, 5.41) is 1.10. The molecule has 0 bridgehead atoms. The predicted molar refractivity (Wildman–Crippen MR) is 71.8 cm³/mol. The topological polar surface area (TPSA) is 38.5 Å². The number of rotatable bonds is 1. The Morgan fingerprint density at radius 3 is 3.26 bits per heavy atom. The third kappa shape index (κ3) is 1.64. The van der Waals surface area contributed by atoms with E-state index in [0.717, 1.165) is 34.6 Å². The van der Waals surface area contributed by atoms with E-state index in [4.69, 9.17) is 9.15 Å². The van der Waals surface area contributed by atoms with Gasteiger partial charge in [0.05, 0.1) is 30.9 Å². The van der Waals surface area contributed by atoms with Crippen molar-refractivity contribution in [3.05, 3.63) is 49.0 Å². The number of ether oxygens (including phenoxy) is 1. The number of pyridine rings is 1. The van der Waals surface area contributed by atoms with Crippen molar-refractivity contribution in [1.82, 2.24) is 4.98 Å². The third-order valence-electron chi connectivity index (χ3n) is 3.32. The molecule has 0 N–H and O–H groups in total. The van der Waals surface area contributed by atoms with Crippen molar-refractivity contribution in [2.24, 2.45) is 0 Å². The van der Waals surface area contributed by atoms with Crippen LogP contribution in [0.2, 0.25) is 0 Å². The van der Waals surface area contributed by atoms with E-state index in [1.807, 2.05) is 18.2 Å². The highest BCUT2D eigenvalue weighted by molar-refractivity contribution is 5.83. The van der Waals surface area contributed by atoms with Gasteiger partial charge in [0.15, 0.2) is 5.75 Å². The first-order chi connectivity index (χ1) is 9.42. The van der Waals surface area contributed by atoms with Crippen molar-refractivity contribution in [2.75, 3.05) is 18.1 Å². The second-order valence-corrected chi connectivity index (χ2v) is 4.42. The predicted octanol–water partition coefficient (Wildman–Crippen LogP) is 3.16. The minimum Gasteiger partial charge on any atom is -0.488 e. The first kappa shape index (κ1) is 10.4. The van der Waals surface area contributed by atoms with Gasteiger partial charge in [0, 0.05) is 11.1 Å². The average Bonchev–Trinajstić information content (AvgIpc) is 2.94. The van der Waals surface area contributed by atoms with Gasteiger partial charge in [-0.15, -0.1) is 0 Å². The summed E-state index contributed by atoms with van der Waals surface area (Å²) in [7, 11) is 0. The molecule has 93 valence electrons. The highest BCUT2D eigenvalue weighted by Gasteiger charge is 2.19. The molecule has 0 fully saturated rings. The molecule has 0 unspecified atom stereocenters. The quantitative estimate of drug-likeness (QED) is 0.666. The Morgan fingerprint density at radius 2 is 2.26 bits per heavy atom. The van der Waals surface area contributed by atoms with Gasteiger partial charge < -0.3 is 14.1 Å². The lowest BCUT2D eigenvalue weighted by Gasteiger charge is -2.30. The summed E-state index contributed by atoms with van der Waals surface area (Å²) in [6.45, 7) is 1.47. The molecule has 0 saturated carbocycles. The number of hydrogen-bond donors (Lipinski definition) is 0. The zero-order valence-corrected chi connectivity index (χ0v) is 10.2. The van der Waals surface area contributed by atoms with Crippen LogP contribution < -0.4 is 9.64 Å². The number of nitrogens with zero attached hydrogens (tertiary/aromatic N) is 2. The fourth-order valence-corrected chi connectivity index (χ4v) is 2.41. The van der Waals surface area contributed by atoms with E-state index in [1.165, 1.54) is 0 Å². The Bertz CT molecular complexity index is 736. The first-order valence-electron chi connectivity index (χ1n) is 6.15. The molecule has 0 saturated heterocycles. The van der Waals surface area contributed by atoms with Crippen molar-refractivity contribution in [2.45, 2.75) is 0 Å². The zero-order chi connectivity index (χ0) is 12.7. The standard InChI is InChI=1S/C15H11N2O2/c1-2-14-11(4-7-18-14)9-12(1)17-6-8-19-15-10-16-5-3-13(15)17/h1-4,7,9-10H,6,8H2. The Morgan fingerprint density at radius 1 is 1.26 bits per heavy atom. The van der Waals surface area contributed by atoms with Crippen LogP contribution in [0.15, 0.2) is 47.2 Å². The highest BCUT2D eigenvalue weighted by Crippen LogP contribution is 2.36. The minimum absolute atomic E-state index is 0.655. The molecule has 1 aromatic carbocycles. The molecule has 0 spiro atoms. The van der Waals surface area contributed by atoms with Gasteiger partial charge >= 0.3 is 0 Å². The molecule has 4 rings (SSSR count). The maximum Gasteiger partial charge on any atom is 0.161 e. The fraction of sp³-hybridized carbons (Fsp3) is 0.133. The molecule has 4 heteroatoms. The van der Waals surface area contributed by atoms with E-state index in [-0.39, 0.29) is 0 Å². The molecule has 4 nitrogen and oxygen atoms in total. The van der Waals surface area contributed by atoms with Crippen molar-refractivity contribution >= 4 is 22.3 Å². The van der Waals surface area contributed by atoms with Gasteiger partial charge in [0.1, 0.15) is 12.2 Å². The number of fused-ring (bicyclic) bond motifs is 2. The molecule has 3 heterocycles. The molecule has 0 atom stereocenters. The highest BCUT2D eigenvalue weighted by atomic mass is 16.5. The smallest absolute Gasteiger partial charge is 0.161 e. The van der Waals surface area contributed by atoms with Crippen LogP contribution in [0.3, 0.4) is 0 Å². The lowest BCUT2D eigenvalue weighted by atomic mass is 10.2. The second-order valence-electron chi connectivity index (χ2n) is 4.42. The molecule has 1 aliphatic heterocycles. The maximum atomic E-state index is 5.60. The van der Waals surface area contributed by atoms with E-state index < -0.39 is 0 Å². The second kappa shape index (κ2) is 4.02. The van der Waals surface area contributed by atoms with Crippen LogP contribution in [0.5, 0.6) is 5.75 Å². The molecule has 0 amide bonds. The summed E-state index contributed by atoms with van der Waals surface area (Å²) in [6, 6.07) is 9.99. The summed E-state index contributed by atoms with van der Waals surface area (Å²) in [6.07, 6.45) is 6.28. The Balaban J connectivity index is 1.84. The molecule has 0 aliphatic carbocycles. The number of aromatic nitrogens is 1. The van der Waals surface area contributed by atoms with E-state index >= 15 is 0 Å². The monoisotopic (exact) mass is 251 g/mol. The molecular weight excluding hydrogens is 240 g/mol. The van der Waals surface area contributed by atoms with Crippen LogP contribution in [0.4, 0.5) is 11.4 Å². The van der Waals surface area contributed by atoms with E-state index in [2.05, 4.69) is 28.2 Å². The van der Waals surface area contributed by atoms with Crippen LogP contribution in [0, 0.1) is 6.20 Å². The molecule has 19 heavy (non-hydrogen) atoms. The van der Waals surface area contributed by atoms with Gasteiger partial charge in [0.2, 0.25) is 0 Å². The SMILES string of the molecule is [c]1cc2c(cn1)OCCN2c1ccc2occc2c1. The lowest BCUT2D eigenvalue weighted by molar-refractivity contribution is 0.312. The summed E-state index contributed by atoms with van der Waals surface area (Å²) < 4.78 is 11.0. The first-order valence-corrected chi connectivity index (χ1v) is 6.15. The number of hydrogen-bond acceptors (Lipinski definition) is 4. The number of benzene rings is 1. The normalized spacial score (nSPS) is 14.2. The largest absolute Gasteiger partial charge is 0.488 e. The van der Waals surface area contributed by atoms with E-state index in [9.17, 15) is 0 Å². The molecule has 3 aromatic rings. The van der Waals surface area contributed by atoms with Crippen LogP contribution in [0.1, 0.15) is 0 Å².